The number of benzene rings is 1. The number of allylic oxidation sites excluding steroid dienone is 2. The molecule has 8 nitrogen and oxygen atoms in total. The molecule has 0 bridgehead atoms. The minimum Gasteiger partial charge on any atom is -0.507 e. The van der Waals surface area contributed by atoms with E-state index in [4.69, 9.17) is 21.7 Å². The van der Waals surface area contributed by atoms with Gasteiger partial charge in [-0.25, -0.2) is 4.79 Å². The molecular formula is C20H16N2O6S2. The SMILES string of the molecule is O=C(CCN1C(=O)C(=CC=Cc2ccco2)SC1=S)Nc1ccc(O)c(C(=O)O)c1. The van der Waals surface area contributed by atoms with Crippen LogP contribution in [0.15, 0.2) is 58.1 Å². The van der Waals surface area contributed by atoms with Gasteiger partial charge >= 0.3 is 5.97 Å². The number of anilines is 1. The van der Waals surface area contributed by atoms with E-state index in [2.05, 4.69) is 5.32 Å². The summed E-state index contributed by atoms with van der Waals surface area (Å²) in [4.78, 5) is 37.5. The van der Waals surface area contributed by atoms with Gasteiger partial charge in [-0.05, 0) is 42.5 Å². The van der Waals surface area contributed by atoms with E-state index < -0.39 is 17.6 Å². The van der Waals surface area contributed by atoms with Crippen LogP contribution in [0.25, 0.3) is 6.08 Å². The molecule has 1 aliphatic heterocycles. The zero-order valence-electron chi connectivity index (χ0n) is 15.4. The van der Waals surface area contributed by atoms with Gasteiger partial charge in [-0.3, -0.25) is 14.5 Å². The van der Waals surface area contributed by atoms with Crippen LogP contribution >= 0.6 is 24.0 Å². The fourth-order valence-corrected chi connectivity index (χ4v) is 3.81. The Morgan fingerprint density at radius 2 is 2.10 bits per heavy atom. The molecule has 0 atom stereocenters. The molecule has 0 aliphatic carbocycles. The number of furan rings is 1. The van der Waals surface area contributed by atoms with Crippen molar-refractivity contribution in [3.05, 3.63) is 65.0 Å². The van der Waals surface area contributed by atoms with Crippen molar-refractivity contribution >= 4 is 57.8 Å². The monoisotopic (exact) mass is 444 g/mol. The number of hydrogen-bond acceptors (Lipinski definition) is 7. The summed E-state index contributed by atoms with van der Waals surface area (Å²) in [6, 6.07) is 7.26. The molecule has 1 fully saturated rings. The summed E-state index contributed by atoms with van der Waals surface area (Å²) in [5, 5.41) is 21.1. The first-order valence-corrected chi connectivity index (χ1v) is 9.89. The molecule has 0 radical (unpaired) electrons. The molecule has 0 spiro atoms. The van der Waals surface area contributed by atoms with Crippen molar-refractivity contribution in [1.82, 2.24) is 4.90 Å². The standard InChI is InChI=1S/C20H16N2O6S2/c23-15-7-6-12(11-14(15)19(26)27)21-17(24)8-9-22-18(25)16(30-20(22)29)5-1-3-13-4-2-10-28-13/h1-7,10-11,23H,8-9H2,(H,21,24)(H,26,27). The molecule has 1 aliphatic rings. The predicted octanol–water partition coefficient (Wildman–Crippen LogP) is 3.47. The number of thiocarbonyl (C=S) groups is 1. The Balaban J connectivity index is 1.57. The van der Waals surface area contributed by atoms with Gasteiger partial charge in [0.2, 0.25) is 5.91 Å². The topological polar surface area (TPSA) is 120 Å². The summed E-state index contributed by atoms with van der Waals surface area (Å²) in [6.07, 6.45) is 6.54. The van der Waals surface area contributed by atoms with Gasteiger partial charge in [-0.15, -0.1) is 0 Å². The number of aromatic hydroxyl groups is 1. The van der Waals surface area contributed by atoms with E-state index >= 15 is 0 Å². The summed E-state index contributed by atoms with van der Waals surface area (Å²) in [6.45, 7) is 0.0829. The lowest BCUT2D eigenvalue weighted by molar-refractivity contribution is -0.122. The molecule has 10 heteroatoms. The maximum atomic E-state index is 12.5. The number of nitrogens with one attached hydrogen (secondary N) is 1. The molecule has 1 saturated heterocycles. The normalized spacial score (nSPS) is 15.3. The number of phenols is 1. The van der Waals surface area contributed by atoms with Crippen molar-refractivity contribution < 1.29 is 29.0 Å². The Morgan fingerprint density at radius 3 is 2.80 bits per heavy atom. The minimum atomic E-state index is -1.31. The van der Waals surface area contributed by atoms with E-state index in [0.29, 0.717) is 15.0 Å². The largest absolute Gasteiger partial charge is 0.507 e. The first-order chi connectivity index (χ1) is 14.3. The van der Waals surface area contributed by atoms with Gasteiger partial charge in [0, 0.05) is 18.7 Å². The second kappa shape index (κ2) is 9.42. The van der Waals surface area contributed by atoms with Gasteiger partial charge in [0.25, 0.3) is 5.91 Å². The zero-order chi connectivity index (χ0) is 21.7. The Labute approximate surface area is 180 Å². The number of thioether (sulfide) groups is 1. The van der Waals surface area contributed by atoms with Crippen LogP contribution in [0.4, 0.5) is 5.69 Å². The van der Waals surface area contributed by atoms with Crippen molar-refractivity contribution in [3.63, 3.8) is 0 Å². The van der Waals surface area contributed by atoms with Crippen LogP contribution < -0.4 is 5.32 Å². The molecule has 1 aromatic heterocycles. The number of rotatable bonds is 7. The average molecular weight is 444 g/mol. The number of hydrogen-bond donors (Lipinski definition) is 3. The van der Waals surface area contributed by atoms with Crippen molar-refractivity contribution in [3.8, 4) is 5.75 Å². The summed E-state index contributed by atoms with van der Waals surface area (Å²) in [7, 11) is 0. The molecule has 0 saturated carbocycles. The van der Waals surface area contributed by atoms with Crippen LogP contribution in [0.5, 0.6) is 5.75 Å². The second-order valence-electron chi connectivity index (χ2n) is 6.07. The molecule has 2 aromatic rings. The quantitative estimate of drug-likeness (QED) is 0.337. The van der Waals surface area contributed by atoms with Crippen LogP contribution in [0.2, 0.25) is 0 Å². The smallest absolute Gasteiger partial charge is 0.339 e. The molecule has 30 heavy (non-hydrogen) atoms. The number of nitrogens with zero attached hydrogens (tertiary/aromatic N) is 1. The lowest BCUT2D eigenvalue weighted by Gasteiger charge is -2.14. The Morgan fingerprint density at radius 1 is 1.30 bits per heavy atom. The van der Waals surface area contributed by atoms with Crippen LogP contribution in [-0.4, -0.2) is 43.8 Å². The van der Waals surface area contributed by atoms with Gasteiger partial charge in [0.05, 0.1) is 11.2 Å². The first kappa shape index (κ1) is 21.3. The summed E-state index contributed by atoms with van der Waals surface area (Å²) < 4.78 is 5.52. The van der Waals surface area contributed by atoms with E-state index in [0.717, 1.165) is 17.8 Å². The van der Waals surface area contributed by atoms with E-state index in [-0.39, 0.29) is 30.1 Å². The highest BCUT2D eigenvalue weighted by Crippen LogP contribution is 2.31. The Hall–Kier alpha value is -3.37. The van der Waals surface area contributed by atoms with Crippen molar-refractivity contribution in [2.45, 2.75) is 6.42 Å². The van der Waals surface area contributed by atoms with Crippen LogP contribution in [0.3, 0.4) is 0 Å². The highest BCUT2D eigenvalue weighted by molar-refractivity contribution is 8.26. The van der Waals surface area contributed by atoms with Gasteiger partial charge in [-0.1, -0.05) is 30.1 Å². The lowest BCUT2D eigenvalue weighted by atomic mass is 10.1. The average Bonchev–Trinajstić information content (AvgIpc) is 3.30. The molecule has 3 N–H and O–H groups in total. The zero-order valence-corrected chi connectivity index (χ0v) is 17.0. The van der Waals surface area contributed by atoms with Crippen molar-refractivity contribution in [2.24, 2.45) is 0 Å². The van der Waals surface area contributed by atoms with E-state index in [1.165, 1.54) is 17.0 Å². The van der Waals surface area contributed by atoms with Gasteiger partial charge < -0.3 is 19.9 Å². The number of carboxylic acids is 1. The number of aromatic carboxylic acids is 1. The maximum Gasteiger partial charge on any atom is 0.339 e. The highest BCUT2D eigenvalue weighted by Gasteiger charge is 2.31. The van der Waals surface area contributed by atoms with Crippen molar-refractivity contribution in [1.29, 1.82) is 0 Å². The Kier molecular flexibility index (Phi) is 6.70. The number of carboxylic acid groups (broad SMARTS) is 1. The second-order valence-corrected chi connectivity index (χ2v) is 7.74. The van der Waals surface area contributed by atoms with E-state index in [9.17, 15) is 19.5 Å². The number of carbonyl (C=O) groups excluding carboxylic acids is 2. The lowest BCUT2D eigenvalue weighted by Crippen LogP contribution is -2.31. The maximum absolute atomic E-state index is 12.5. The third-order valence-corrected chi connectivity index (χ3v) is 5.39. The molecule has 2 heterocycles. The first-order valence-electron chi connectivity index (χ1n) is 8.67. The third kappa shape index (κ3) is 5.16. The molecule has 1 aromatic carbocycles. The Bertz CT molecular complexity index is 1060. The van der Waals surface area contributed by atoms with Gasteiger partial charge in [-0.2, -0.15) is 0 Å². The predicted molar refractivity (Wildman–Crippen MR) is 116 cm³/mol. The molecule has 3 rings (SSSR count). The fraction of sp³-hybridized carbons (Fsp3) is 0.100. The summed E-state index contributed by atoms with van der Waals surface area (Å²) in [5.74, 6) is -1.77. The summed E-state index contributed by atoms with van der Waals surface area (Å²) >= 11 is 6.37. The van der Waals surface area contributed by atoms with Crippen LogP contribution in [-0.2, 0) is 9.59 Å². The van der Waals surface area contributed by atoms with E-state index in [1.807, 2.05) is 0 Å². The highest BCUT2D eigenvalue weighted by atomic mass is 32.2. The van der Waals surface area contributed by atoms with Gasteiger partial charge in [0.1, 0.15) is 21.4 Å². The molecule has 0 unspecified atom stereocenters. The minimum absolute atomic E-state index is 0.0365. The third-order valence-electron chi connectivity index (χ3n) is 4.00. The van der Waals surface area contributed by atoms with Crippen LogP contribution in [0, 0.1) is 0 Å². The van der Waals surface area contributed by atoms with E-state index in [1.54, 1.807) is 36.6 Å². The van der Waals surface area contributed by atoms with Gasteiger partial charge in [0.15, 0.2) is 0 Å². The number of amides is 2. The molecular weight excluding hydrogens is 428 g/mol. The van der Waals surface area contributed by atoms with Crippen molar-refractivity contribution in [2.75, 3.05) is 11.9 Å². The summed E-state index contributed by atoms with van der Waals surface area (Å²) in [5.41, 5.74) is -0.0963. The number of carbonyl (C=O) groups is 3. The van der Waals surface area contributed by atoms with Crippen LogP contribution in [0.1, 0.15) is 22.5 Å². The fourth-order valence-electron chi connectivity index (χ4n) is 2.55. The molecule has 2 amide bonds. The molecule has 154 valence electrons.